The summed E-state index contributed by atoms with van der Waals surface area (Å²) >= 11 is 0. The van der Waals surface area contributed by atoms with E-state index in [0.717, 1.165) is 11.1 Å². The highest BCUT2D eigenvalue weighted by Crippen LogP contribution is 2.21. The Morgan fingerprint density at radius 2 is 1.77 bits per heavy atom. The second kappa shape index (κ2) is 8.84. The average Bonchev–Trinajstić information content (AvgIpc) is 2.63. The summed E-state index contributed by atoms with van der Waals surface area (Å²) in [6.45, 7) is 5.12. The number of hydrogen-bond acceptors (Lipinski definition) is 4. The Balaban J connectivity index is 1.77. The van der Waals surface area contributed by atoms with E-state index in [2.05, 4.69) is 10.9 Å². The molecule has 0 heterocycles. The molecule has 138 valence electrons. The molecule has 0 bridgehead atoms. The number of carbonyl (C=O) groups excluding carboxylic acids is 2. The van der Waals surface area contributed by atoms with E-state index in [1.54, 1.807) is 13.0 Å². The number of hydrogen-bond donors (Lipinski definition) is 2. The summed E-state index contributed by atoms with van der Waals surface area (Å²) in [5.41, 5.74) is 6.52. The van der Waals surface area contributed by atoms with Gasteiger partial charge in [-0.1, -0.05) is 12.1 Å². The molecule has 0 saturated heterocycles. The van der Waals surface area contributed by atoms with Crippen molar-refractivity contribution in [2.45, 2.75) is 26.9 Å². The molecule has 0 fully saturated rings. The highest BCUT2D eigenvalue weighted by atomic mass is 19.1. The van der Waals surface area contributed by atoms with Crippen molar-refractivity contribution >= 4 is 11.8 Å². The number of rotatable bonds is 6. The Bertz CT molecular complexity index is 778. The third-order valence-corrected chi connectivity index (χ3v) is 3.74. The van der Waals surface area contributed by atoms with Crippen molar-refractivity contribution in [1.82, 2.24) is 10.9 Å². The van der Waals surface area contributed by atoms with Crippen molar-refractivity contribution in [1.29, 1.82) is 0 Å². The Kier molecular flexibility index (Phi) is 6.54. The highest BCUT2D eigenvalue weighted by Gasteiger charge is 2.16. The topological polar surface area (TPSA) is 76.7 Å². The van der Waals surface area contributed by atoms with Crippen LogP contribution >= 0.6 is 0 Å². The maximum atomic E-state index is 12.8. The SMILES string of the molecule is Cc1cccc(OC(C)C(=O)NNC(=O)COc2ccc(F)cc2)c1C. The van der Waals surface area contributed by atoms with Gasteiger partial charge in [-0.2, -0.15) is 0 Å². The highest BCUT2D eigenvalue weighted by molar-refractivity contribution is 5.85. The summed E-state index contributed by atoms with van der Waals surface area (Å²) in [7, 11) is 0. The van der Waals surface area contributed by atoms with E-state index in [1.807, 2.05) is 26.0 Å². The lowest BCUT2D eigenvalue weighted by Gasteiger charge is -2.17. The maximum absolute atomic E-state index is 12.8. The van der Waals surface area contributed by atoms with Gasteiger partial charge in [0.2, 0.25) is 0 Å². The van der Waals surface area contributed by atoms with E-state index < -0.39 is 23.7 Å². The van der Waals surface area contributed by atoms with E-state index in [9.17, 15) is 14.0 Å². The molecule has 26 heavy (non-hydrogen) atoms. The Morgan fingerprint density at radius 1 is 1.08 bits per heavy atom. The molecule has 0 aromatic heterocycles. The standard InChI is InChI=1S/C19H21FN2O4/c1-12-5-4-6-17(13(12)2)26-14(3)19(24)22-21-18(23)11-25-16-9-7-15(20)8-10-16/h4-10,14H,11H2,1-3H3,(H,21,23)(H,22,24). The fourth-order valence-electron chi connectivity index (χ4n) is 2.04. The number of hydrazine groups is 1. The first-order valence-electron chi connectivity index (χ1n) is 8.06. The van der Waals surface area contributed by atoms with Gasteiger partial charge in [0.1, 0.15) is 17.3 Å². The lowest BCUT2D eigenvalue weighted by molar-refractivity contribution is -0.133. The second-order valence-corrected chi connectivity index (χ2v) is 5.74. The van der Waals surface area contributed by atoms with Crippen molar-refractivity contribution < 1.29 is 23.5 Å². The molecular weight excluding hydrogens is 339 g/mol. The molecule has 2 rings (SSSR count). The quantitative estimate of drug-likeness (QED) is 0.776. The summed E-state index contributed by atoms with van der Waals surface area (Å²) < 4.78 is 23.6. The van der Waals surface area contributed by atoms with Crippen LogP contribution in [0.3, 0.4) is 0 Å². The minimum Gasteiger partial charge on any atom is -0.484 e. The van der Waals surface area contributed by atoms with Crippen LogP contribution in [0.4, 0.5) is 4.39 Å². The van der Waals surface area contributed by atoms with Crippen LogP contribution in [0.5, 0.6) is 11.5 Å². The first kappa shape index (κ1) is 19.2. The van der Waals surface area contributed by atoms with Gasteiger partial charge in [-0.3, -0.25) is 20.4 Å². The predicted octanol–water partition coefficient (Wildman–Crippen LogP) is 2.44. The zero-order valence-electron chi connectivity index (χ0n) is 14.8. The number of amides is 2. The van der Waals surface area contributed by atoms with Gasteiger partial charge in [-0.25, -0.2) is 4.39 Å². The minimum atomic E-state index is -0.797. The summed E-state index contributed by atoms with van der Waals surface area (Å²) in [4.78, 5) is 23.7. The molecule has 1 unspecified atom stereocenters. The zero-order chi connectivity index (χ0) is 19.1. The van der Waals surface area contributed by atoms with E-state index in [0.29, 0.717) is 11.5 Å². The van der Waals surface area contributed by atoms with Gasteiger partial charge in [0.25, 0.3) is 11.8 Å². The molecule has 0 aliphatic heterocycles. The number of carbonyl (C=O) groups is 2. The summed E-state index contributed by atoms with van der Waals surface area (Å²) in [6.07, 6.45) is -0.797. The van der Waals surface area contributed by atoms with Crippen LogP contribution in [0.15, 0.2) is 42.5 Å². The molecule has 2 amide bonds. The summed E-state index contributed by atoms with van der Waals surface area (Å²) in [5, 5.41) is 0. The maximum Gasteiger partial charge on any atom is 0.279 e. The second-order valence-electron chi connectivity index (χ2n) is 5.74. The van der Waals surface area contributed by atoms with Gasteiger partial charge in [0, 0.05) is 0 Å². The zero-order valence-corrected chi connectivity index (χ0v) is 14.8. The van der Waals surface area contributed by atoms with Crippen LogP contribution in [0.25, 0.3) is 0 Å². The summed E-state index contributed by atoms with van der Waals surface area (Å²) in [5.74, 6) is -0.493. The average molecular weight is 360 g/mol. The molecule has 2 aromatic rings. The van der Waals surface area contributed by atoms with Crippen LogP contribution in [0.1, 0.15) is 18.1 Å². The smallest absolute Gasteiger partial charge is 0.279 e. The molecule has 7 heteroatoms. The number of aryl methyl sites for hydroxylation is 1. The Labute approximate surface area is 151 Å². The molecule has 6 nitrogen and oxygen atoms in total. The summed E-state index contributed by atoms with van der Waals surface area (Å²) in [6, 6.07) is 10.8. The molecule has 0 spiro atoms. The fraction of sp³-hybridized carbons (Fsp3) is 0.263. The molecule has 2 N–H and O–H groups in total. The van der Waals surface area contributed by atoms with Crippen molar-refractivity contribution in [2.24, 2.45) is 0 Å². The Morgan fingerprint density at radius 3 is 2.46 bits per heavy atom. The van der Waals surface area contributed by atoms with Gasteiger partial charge >= 0.3 is 0 Å². The molecular formula is C19H21FN2O4. The van der Waals surface area contributed by atoms with Crippen LogP contribution in [-0.2, 0) is 9.59 Å². The Hall–Kier alpha value is -3.09. The first-order chi connectivity index (χ1) is 12.4. The molecule has 1 atom stereocenters. The van der Waals surface area contributed by atoms with Gasteiger partial charge in [-0.15, -0.1) is 0 Å². The van der Waals surface area contributed by atoms with Crippen molar-refractivity contribution in [3.63, 3.8) is 0 Å². The minimum absolute atomic E-state index is 0.321. The molecule has 0 aliphatic rings. The van der Waals surface area contributed by atoms with Crippen LogP contribution < -0.4 is 20.3 Å². The predicted molar refractivity (Wildman–Crippen MR) is 94.2 cm³/mol. The van der Waals surface area contributed by atoms with E-state index >= 15 is 0 Å². The van der Waals surface area contributed by atoms with Crippen molar-refractivity contribution in [3.8, 4) is 11.5 Å². The third kappa shape index (κ3) is 5.47. The van der Waals surface area contributed by atoms with E-state index in [1.165, 1.54) is 24.3 Å². The number of ether oxygens (including phenoxy) is 2. The molecule has 0 radical (unpaired) electrons. The number of benzene rings is 2. The monoisotopic (exact) mass is 360 g/mol. The van der Waals surface area contributed by atoms with Crippen LogP contribution in [0, 0.1) is 19.7 Å². The normalized spacial score (nSPS) is 11.4. The van der Waals surface area contributed by atoms with Gasteiger partial charge in [0.05, 0.1) is 0 Å². The van der Waals surface area contributed by atoms with E-state index in [4.69, 9.17) is 9.47 Å². The van der Waals surface area contributed by atoms with E-state index in [-0.39, 0.29) is 6.61 Å². The van der Waals surface area contributed by atoms with Crippen molar-refractivity contribution in [3.05, 3.63) is 59.4 Å². The molecule has 0 aliphatic carbocycles. The lowest BCUT2D eigenvalue weighted by Crippen LogP contribution is -2.48. The number of nitrogens with one attached hydrogen (secondary N) is 2. The van der Waals surface area contributed by atoms with Gasteiger partial charge in [0.15, 0.2) is 12.7 Å². The van der Waals surface area contributed by atoms with Gasteiger partial charge < -0.3 is 9.47 Å². The molecule has 0 saturated carbocycles. The largest absolute Gasteiger partial charge is 0.484 e. The van der Waals surface area contributed by atoms with Crippen molar-refractivity contribution in [2.75, 3.05) is 6.61 Å². The lowest BCUT2D eigenvalue weighted by atomic mass is 10.1. The fourth-order valence-corrected chi connectivity index (χ4v) is 2.04. The molecule has 2 aromatic carbocycles. The van der Waals surface area contributed by atoms with Crippen LogP contribution in [0.2, 0.25) is 0 Å². The first-order valence-corrected chi connectivity index (χ1v) is 8.06. The van der Waals surface area contributed by atoms with Crippen LogP contribution in [-0.4, -0.2) is 24.5 Å². The van der Waals surface area contributed by atoms with Gasteiger partial charge in [-0.05, 0) is 62.2 Å². The number of halogens is 1. The third-order valence-electron chi connectivity index (χ3n) is 3.74.